The van der Waals surface area contributed by atoms with Crippen LogP contribution in [0.2, 0.25) is 0 Å². The van der Waals surface area contributed by atoms with E-state index in [1.807, 2.05) is 0 Å². The van der Waals surface area contributed by atoms with Crippen LogP contribution < -0.4 is 10.4 Å². The van der Waals surface area contributed by atoms with E-state index in [2.05, 4.69) is 170 Å². The van der Waals surface area contributed by atoms with E-state index in [0.717, 1.165) is 32.1 Å². The Kier molecular flexibility index (Phi) is 6.75. The van der Waals surface area contributed by atoms with E-state index in [9.17, 15) is 0 Å². The number of allylic oxidation sites excluding steroid dienone is 4. The molecule has 0 fully saturated rings. The lowest BCUT2D eigenvalue weighted by Gasteiger charge is -2.22. The average Bonchev–Trinajstić information content (AvgIpc) is 3.75. The van der Waals surface area contributed by atoms with Crippen molar-refractivity contribution in [2.45, 2.75) is 32.1 Å². The van der Waals surface area contributed by atoms with Gasteiger partial charge in [-0.1, -0.05) is 170 Å². The fourth-order valence-electron chi connectivity index (χ4n) is 10.5. The van der Waals surface area contributed by atoms with Crippen LogP contribution in [0, 0.1) is 0 Å². The molecule has 0 radical (unpaired) electrons. The van der Waals surface area contributed by atoms with E-state index in [4.69, 9.17) is 0 Å². The smallest absolute Gasteiger partial charge is 0.00108 e. The first-order chi connectivity index (χ1) is 27.3. The van der Waals surface area contributed by atoms with E-state index < -0.39 is 0 Å². The third kappa shape index (κ3) is 4.58. The Balaban J connectivity index is 1.13. The Hall–Kier alpha value is -6.50. The van der Waals surface area contributed by atoms with Gasteiger partial charge in [0.15, 0.2) is 0 Å². The fourth-order valence-corrected chi connectivity index (χ4v) is 10.5. The molecular formula is C55H38. The van der Waals surface area contributed by atoms with Crippen molar-refractivity contribution < 1.29 is 0 Å². The van der Waals surface area contributed by atoms with Crippen LogP contribution in [0.3, 0.4) is 0 Å². The van der Waals surface area contributed by atoms with Gasteiger partial charge in [-0.3, -0.25) is 0 Å². The zero-order valence-electron chi connectivity index (χ0n) is 30.7. The van der Waals surface area contributed by atoms with Crippen molar-refractivity contribution in [2.75, 3.05) is 0 Å². The van der Waals surface area contributed by atoms with E-state index in [0.29, 0.717) is 0 Å². The van der Waals surface area contributed by atoms with Crippen LogP contribution in [-0.4, -0.2) is 0 Å². The fraction of sp³-hybridized carbons (Fsp3) is 0.0909. The van der Waals surface area contributed by atoms with Crippen LogP contribution in [0.1, 0.15) is 59.1 Å². The third-order valence-corrected chi connectivity index (χ3v) is 12.8. The van der Waals surface area contributed by atoms with Gasteiger partial charge in [0, 0.05) is 0 Å². The summed E-state index contributed by atoms with van der Waals surface area (Å²) in [4.78, 5) is 0. The lowest BCUT2D eigenvalue weighted by molar-refractivity contribution is 1.06. The van der Waals surface area contributed by atoms with Crippen LogP contribution in [0.15, 0.2) is 164 Å². The lowest BCUT2D eigenvalue weighted by Crippen LogP contribution is -2.32. The summed E-state index contributed by atoms with van der Waals surface area (Å²) >= 11 is 0. The summed E-state index contributed by atoms with van der Waals surface area (Å²) in [6, 6.07) is 59.2. The summed E-state index contributed by atoms with van der Waals surface area (Å²) in [6.45, 7) is 0. The second-order valence-electron chi connectivity index (χ2n) is 15.7. The number of rotatable bonds is 5. The van der Waals surface area contributed by atoms with Crippen LogP contribution in [0.25, 0.3) is 83.3 Å². The van der Waals surface area contributed by atoms with Crippen LogP contribution in [0.5, 0.6) is 0 Å². The molecule has 0 aliphatic heterocycles. The topological polar surface area (TPSA) is 0 Å². The zero-order valence-corrected chi connectivity index (χ0v) is 30.7. The molecule has 0 aromatic heterocycles. The highest BCUT2D eigenvalue weighted by Gasteiger charge is 2.33. The quantitative estimate of drug-likeness (QED) is 0.168. The maximum Gasteiger partial charge on any atom is -0.00108 e. The molecule has 0 amide bonds. The van der Waals surface area contributed by atoms with E-state index >= 15 is 0 Å². The average molecular weight is 699 g/mol. The molecule has 4 aliphatic rings. The molecule has 0 bridgehead atoms. The van der Waals surface area contributed by atoms with Gasteiger partial charge < -0.3 is 0 Å². The number of hydrogen-bond acceptors (Lipinski definition) is 0. The molecule has 258 valence electrons. The van der Waals surface area contributed by atoms with Gasteiger partial charge in [-0.2, -0.15) is 0 Å². The molecule has 12 rings (SSSR count). The van der Waals surface area contributed by atoms with E-state index in [-0.39, 0.29) is 0 Å². The van der Waals surface area contributed by atoms with Crippen molar-refractivity contribution in [1.82, 2.24) is 0 Å². The molecule has 4 aliphatic carbocycles. The molecule has 0 saturated carbocycles. The molecule has 0 atom stereocenters. The van der Waals surface area contributed by atoms with Crippen LogP contribution in [0.4, 0.5) is 0 Å². The Bertz CT molecular complexity index is 3120. The number of benzene rings is 8. The zero-order chi connectivity index (χ0) is 36.0. The molecule has 0 heteroatoms. The van der Waals surface area contributed by atoms with E-state index in [1.165, 1.54) is 121 Å². The molecule has 0 spiro atoms. The molecule has 0 nitrogen and oxygen atoms in total. The predicted molar refractivity (Wildman–Crippen MR) is 233 cm³/mol. The molecule has 0 N–H and O–H groups in total. The number of hydrogen-bond donors (Lipinski definition) is 0. The second kappa shape index (κ2) is 12.0. The Morgan fingerprint density at radius 1 is 0.436 bits per heavy atom. The molecule has 0 heterocycles. The van der Waals surface area contributed by atoms with E-state index in [1.54, 1.807) is 0 Å². The van der Waals surface area contributed by atoms with Gasteiger partial charge in [-0.05, 0) is 153 Å². The van der Waals surface area contributed by atoms with Crippen molar-refractivity contribution in [3.05, 3.63) is 208 Å². The standard InChI is InChI=1S/C55H38/c1-4-13-34(14-5-1)31-35-25-27-45-49(32-35)52(38-17-8-3-9-18-38)54-46-24-12-23-42-40(29-30-47(53(42)46)55(54)51(45)37-15-6-2-7-16-37)39-26-28-41-43-21-10-19-36-20-11-22-44(50(36)43)48(41)33-39/h1-11,13-23,25,27,29-30,32-33H,12,24,26,28,31H2. The molecule has 55 heavy (non-hydrogen) atoms. The van der Waals surface area contributed by atoms with Gasteiger partial charge in [0.2, 0.25) is 0 Å². The van der Waals surface area contributed by atoms with Gasteiger partial charge in [0.05, 0.1) is 0 Å². The molecule has 0 saturated heterocycles. The summed E-state index contributed by atoms with van der Waals surface area (Å²) in [5, 5.41) is 8.35. The second-order valence-corrected chi connectivity index (χ2v) is 15.7. The van der Waals surface area contributed by atoms with Crippen molar-refractivity contribution >= 4 is 49.9 Å². The maximum absolute atomic E-state index is 2.56. The minimum absolute atomic E-state index is 0.912. The number of fused-ring (bicyclic) bond motifs is 6. The highest BCUT2D eigenvalue weighted by molar-refractivity contribution is 6.20. The molecule has 8 aromatic rings. The molecule has 8 aromatic carbocycles. The van der Waals surface area contributed by atoms with Gasteiger partial charge in [0.1, 0.15) is 0 Å². The Labute approximate surface area is 321 Å². The predicted octanol–water partition coefficient (Wildman–Crippen LogP) is 12.8. The summed E-state index contributed by atoms with van der Waals surface area (Å²) in [6.07, 6.45) is 10.2. The Morgan fingerprint density at radius 2 is 1.13 bits per heavy atom. The van der Waals surface area contributed by atoms with Gasteiger partial charge >= 0.3 is 0 Å². The maximum atomic E-state index is 2.56. The highest BCUT2D eigenvalue weighted by atomic mass is 14.4. The highest BCUT2D eigenvalue weighted by Crippen LogP contribution is 2.52. The summed E-state index contributed by atoms with van der Waals surface area (Å²) in [5.74, 6) is 0. The largest absolute Gasteiger partial charge is 0.0757 e. The van der Waals surface area contributed by atoms with Crippen LogP contribution >= 0.6 is 0 Å². The van der Waals surface area contributed by atoms with Gasteiger partial charge in [-0.15, -0.1) is 0 Å². The third-order valence-electron chi connectivity index (χ3n) is 12.8. The minimum Gasteiger partial charge on any atom is -0.0757 e. The van der Waals surface area contributed by atoms with Crippen molar-refractivity contribution in [2.24, 2.45) is 0 Å². The van der Waals surface area contributed by atoms with Gasteiger partial charge in [0.25, 0.3) is 0 Å². The monoisotopic (exact) mass is 698 g/mol. The van der Waals surface area contributed by atoms with Gasteiger partial charge in [-0.25, -0.2) is 0 Å². The molecule has 0 unspecified atom stereocenters. The summed E-state index contributed by atoms with van der Waals surface area (Å²) in [5.41, 5.74) is 22.4. The first kappa shape index (κ1) is 30.9. The SMILES string of the molecule is C1=C(c2ccc3c4c2=CCCC=4c2c-3c(-c3ccccc3)c3ccc(Cc4ccccc4)cc3c2-c2ccccc2)CCC2=C1c1cccc3cccc2c13. The summed E-state index contributed by atoms with van der Waals surface area (Å²) in [7, 11) is 0. The van der Waals surface area contributed by atoms with Crippen molar-refractivity contribution in [3.8, 4) is 33.4 Å². The van der Waals surface area contributed by atoms with Crippen LogP contribution in [-0.2, 0) is 6.42 Å². The minimum atomic E-state index is 0.912. The lowest BCUT2D eigenvalue weighted by atomic mass is 9.81. The first-order valence-electron chi connectivity index (χ1n) is 19.9. The summed E-state index contributed by atoms with van der Waals surface area (Å²) < 4.78 is 0. The normalized spacial score (nSPS) is 14.8. The Morgan fingerprint density at radius 3 is 1.89 bits per heavy atom. The van der Waals surface area contributed by atoms with Crippen molar-refractivity contribution in [1.29, 1.82) is 0 Å². The first-order valence-corrected chi connectivity index (χ1v) is 19.9. The van der Waals surface area contributed by atoms with Crippen molar-refractivity contribution in [3.63, 3.8) is 0 Å². The molecular weight excluding hydrogens is 661 g/mol.